The number of hydrogen-bond donors (Lipinski definition) is 3. The lowest BCUT2D eigenvalue weighted by molar-refractivity contribution is -0.118. The second-order valence-electron chi connectivity index (χ2n) is 3.99. The molecule has 9 heteroatoms. The van der Waals surface area contributed by atoms with Crippen LogP contribution in [-0.4, -0.2) is 26.6 Å². The lowest BCUT2D eigenvalue weighted by Gasteiger charge is -2.06. The molecule has 0 spiro atoms. The minimum absolute atomic E-state index is 0.00300. The van der Waals surface area contributed by atoms with Crippen LogP contribution in [0.3, 0.4) is 0 Å². The van der Waals surface area contributed by atoms with Gasteiger partial charge >= 0.3 is 0 Å². The number of carbonyl (C=O) groups excluding carboxylic acids is 1. The van der Waals surface area contributed by atoms with Crippen LogP contribution in [0.2, 0.25) is 0 Å². The molecule has 0 aliphatic heterocycles. The zero-order valence-electron chi connectivity index (χ0n) is 10.9. The summed E-state index contributed by atoms with van der Waals surface area (Å²) in [5, 5.41) is 2.87. The van der Waals surface area contributed by atoms with Crippen LogP contribution in [0.5, 0.6) is 0 Å². The molecular formula is C12H13FN6OS. The molecule has 21 heavy (non-hydrogen) atoms. The number of hydrogen-bond acceptors (Lipinski definition) is 7. The number of anilines is 2. The summed E-state index contributed by atoms with van der Waals surface area (Å²) in [5.41, 5.74) is 11.3. The van der Waals surface area contributed by atoms with Crippen molar-refractivity contribution < 1.29 is 9.18 Å². The Bertz CT molecular complexity index is 633. The first-order valence-electron chi connectivity index (χ1n) is 5.94. The van der Waals surface area contributed by atoms with Crippen molar-refractivity contribution in [2.75, 3.05) is 17.2 Å². The highest BCUT2D eigenvalue weighted by Crippen LogP contribution is 2.14. The van der Waals surface area contributed by atoms with Crippen LogP contribution >= 0.6 is 11.8 Å². The van der Waals surface area contributed by atoms with E-state index >= 15 is 0 Å². The Morgan fingerprint density at radius 2 is 1.86 bits per heavy atom. The number of halogens is 1. The van der Waals surface area contributed by atoms with Gasteiger partial charge in [-0.25, -0.2) is 4.39 Å². The maximum Gasteiger partial charge on any atom is 0.230 e. The van der Waals surface area contributed by atoms with Crippen molar-refractivity contribution in [3.8, 4) is 0 Å². The summed E-state index contributed by atoms with van der Waals surface area (Å²) < 4.78 is 13.4. The summed E-state index contributed by atoms with van der Waals surface area (Å²) in [4.78, 5) is 23.0. The number of rotatable bonds is 5. The predicted molar refractivity (Wildman–Crippen MR) is 77.6 cm³/mol. The zero-order valence-corrected chi connectivity index (χ0v) is 11.7. The molecular weight excluding hydrogens is 295 g/mol. The zero-order chi connectivity index (χ0) is 15.2. The third-order valence-corrected chi connectivity index (χ3v) is 3.26. The van der Waals surface area contributed by atoms with Gasteiger partial charge in [-0.2, -0.15) is 15.0 Å². The fourth-order valence-corrected chi connectivity index (χ4v) is 2.15. The van der Waals surface area contributed by atoms with Gasteiger partial charge in [0.25, 0.3) is 0 Å². The van der Waals surface area contributed by atoms with Crippen molar-refractivity contribution in [3.05, 3.63) is 35.6 Å². The van der Waals surface area contributed by atoms with E-state index in [1.165, 1.54) is 6.07 Å². The minimum Gasteiger partial charge on any atom is -0.368 e. The van der Waals surface area contributed by atoms with E-state index in [-0.39, 0.29) is 41.1 Å². The lowest BCUT2D eigenvalue weighted by atomic mass is 10.2. The van der Waals surface area contributed by atoms with Crippen LogP contribution in [0.4, 0.5) is 16.3 Å². The van der Waals surface area contributed by atoms with Gasteiger partial charge in [-0.15, -0.1) is 0 Å². The van der Waals surface area contributed by atoms with E-state index in [0.29, 0.717) is 5.56 Å². The van der Waals surface area contributed by atoms with Crippen LogP contribution in [-0.2, 0) is 11.3 Å². The maximum absolute atomic E-state index is 13.4. The molecule has 1 amide bonds. The molecule has 110 valence electrons. The molecule has 1 aromatic heterocycles. The summed E-state index contributed by atoms with van der Waals surface area (Å²) in [6.45, 7) is 0.119. The van der Waals surface area contributed by atoms with E-state index in [0.717, 1.165) is 11.8 Å². The van der Waals surface area contributed by atoms with Crippen LogP contribution in [0.1, 0.15) is 5.56 Å². The molecule has 2 rings (SSSR count). The molecule has 1 heterocycles. The fraction of sp³-hybridized carbons (Fsp3) is 0.167. The monoisotopic (exact) mass is 308 g/mol. The van der Waals surface area contributed by atoms with Crippen LogP contribution in [0.25, 0.3) is 0 Å². The highest BCUT2D eigenvalue weighted by atomic mass is 32.2. The van der Waals surface area contributed by atoms with Gasteiger partial charge in [-0.3, -0.25) is 4.79 Å². The average Bonchev–Trinajstić information content (AvgIpc) is 2.43. The predicted octanol–water partition coefficient (Wildman–Crippen LogP) is 0.584. The SMILES string of the molecule is Nc1nc(N)nc(SCC(=O)NCc2ccccc2F)n1. The number of carbonyl (C=O) groups is 1. The number of nitrogens with one attached hydrogen (secondary N) is 1. The second kappa shape index (κ2) is 6.84. The van der Waals surface area contributed by atoms with Crippen LogP contribution < -0.4 is 16.8 Å². The van der Waals surface area contributed by atoms with Gasteiger partial charge < -0.3 is 16.8 Å². The third-order valence-electron chi connectivity index (χ3n) is 2.42. The number of nitrogens with zero attached hydrogens (tertiary/aromatic N) is 3. The van der Waals surface area contributed by atoms with Crippen molar-refractivity contribution in [3.63, 3.8) is 0 Å². The summed E-state index contributed by atoms with van der Waals surface area (Å²) in [6.07, 6.45) is 0. The molecule has 0 saturated carbocycles. The molecule has 7 nitrogen and oxygen atoms in total. The van der Waals surface area contributed by atoms with Gasteiger partial charge in [0.05, 0.1) is 5.75 Å². The smallest absolute Gasteiger partial charge is 0.230 e. The van der Waals surface area contributed by atoms with Crippen molar-refractivity contribution in [2.45, 2.75) is 11.7 Å². The molecule has 1 aromatic carbocycles. The first-order chi connectivity index (χ1) is 10.0. The number of aromatic nitrogens is 3. The van der Waals surface area contributed by atoms with Crippen LogP contribution in [0, 0.1) is 5.82 Å². The molecule has 0 atom stereocenters. The Hall–Kier alpha value is -2.42. The normalized spacial score (nSPS) is 10.3. The van der Waals surface area contributed by atoms with Crippen molar-refractivity contribution >= 4 is 29.6 Å². The third kappa shape index (κ3) is 4.56. The molecule has 0 aliphatic rings. The Labute approximate surface area is 124 Å². The Kier molecular flexibility index (Phi) is 4.88. The van der Waals surface area contributed by atoms with E-state index in [2.05, 4.69) is 20.3 Å². The largest absolute Gasteiger partial charge is 0.368 e. The van der Waals surface area contributed by atoms with Gasteiger partial charge in [0.1, 0.15) is 5.82 Å². The Morgan fingerprint density at radius 1 is 1.19 bits per heavy atom. The molecule has 5 N–H and O–H groups in total. The molecule has 0 radical (unpaired) electrons. The lowest BCUT2D eigenvalue weighted by Crippen LogP contribution is -2.25. The highest BCUT2D eigenvalue weighted by molar-refractivity contribution is 7.99. The van der Waals surface area contributed by atoms with Crippen molar-refractivity contribution in [2.24, 2.45) is 0 Å². The second-order valence-corrected chi connectivity index (χ2v) is 4.93. The van der Waals surface area contributed by atoms with Gasteiger partial charge in [0.15, 0.2) is 5.16 Å². The van der Waals surface area contributed by atoms with Crippen LogP contribution in [0.15, 0.2) is 29.4 Å². The number of amides is 1. The first-order valence-corrected chi connectivity index (χ1v) is 6.93. The number of thioether (sulfide) groups is 1. The molecule has 2 aromatic rings. The molecule has 0 unspecified atom stereocenters. The van der Waals surface area contributed by atoms with E-state index in [1.807, 2.05) is 0 Å². The molecule has 0 fully saturated rings. The van der Waals surface area contributed by atoms with Gasteiger partial charge in [-0.05, 0) is 6.07 Å². The molecule has 0 bridgehead atoms. The van der Waals surface area contributed by atoms with E-state index < -0.39 is 0 Å². The summed E-state index contributed by atoms with van der Waals surface area (Å²) >= 11 is 1.07. The Morgan fingerprint density at radius 3 is 2.52 bits per heavy atom. The summed E-state index contributed by atoms with van der Waals surface area (Å²) in [7, 11) is 0. The van der Waals surface area contributed by atoms with E-state index in [1.54, 1.807) is 18.2 Å². The van der Waals surface area contributed by atoms with Gasteiger partial charge in [0.2, 0.25) is 17.8 Å². The first kappa shape index (κ1) is 15.0. The van der Waals surface area contributed by atoms with E-state index in [9.17, 15) is 9.18 Å². The topological polar surface area (TPSA) is 120 Å². The fourth-order valence-electron chi connectivity index (χ4n) is 1.47. The maximum atomic E-state index is 13.4. The Balaban J connectivity index is 1.84. The van der Waals surface area contributed by atoms with E-state index in [4.69, 9.17) is 11.5 Å². The molecule has 0 aliphatic carbocycles. The minimum atomic E-state index is -0.358. The van der Waals surface area contributed by atoms with Gasteiger partial charge in [0, 0.05) is 12.1 Å². The standard InChI is InChI=1S/C12H13FN6OS/c13-8-4-2-1-3-7(8)5-16-9(20)6-21-12-18-10(14)17-11(15)19-12/h1-4H,5-6H2,(H,16,20)(H4,14,15,17,18,19). The van der Waals surface area contributed by atoms with Crippen molar-refractivity contribution in [1.82, 2.24) is 20.3 Å². The number of benzene rings is 1. The number of nitrogen functional groups attached to an aromatic ring is 2. The van der Waals surface area contributed by atoms with Crippen molar-refractivity contribution in [1.29, 1.82) is 0 Å². The summed E-state index contributed by atoms with van der Waals surface area (Å²) in [6, 6.07) is 6.24. The quantitative estimate of drug-likeness (QED) is 0.691. The summed E-state index contributed by atoms with van der Waals surface area (Å²) in [5.74, 6) is -0.574. The highest BCUT2D eigenvalue weighted by Gasteiger charge is 2.08. The average molecular weight is 308 g/mol. The van der Waals surface area contributed by atoms with Gasteiger partial charge in [-0.1, -0.05) is 30.0 Å². The number of nitrogens with two attached hydrogens (primary N) is 2. The molecule has 0 saturated heterocycles.